The van der Waals surface area contributed by atoms with E-state index in [0.717, 1.165) is 4.90 Å². The van der Waals surface area contributed by atoms with E-state index >= 15 is 0 Å². The highest BCUT2D eigenvalue weighted by molar-refractivity contribution is 7.98. The number of carboxylic acid groups (broad SMARTS) is 2. The zero-order chi connectivity index (χ0) is 23.7. The first-order chi connectivity index (χ1) is 14.5. The van der Waals surface area contributed by atoms with Gasteiger partial charge in [-0.15, -0.1) is 0 Å². The molecular formula is C18H30N4O8S. The van der Waals surface area contributed by atoms with Crippen molar-refractivity contribution in [2.24, 2.45) is 5.73 Å². The summed E-state index contributed by atoms with van der Waals surface area (Å²) in [6.45, 7) is 1.47. The molecule has 13 heteroatoms. The zero-order valence-electron chi connectivity index (χ0n) is 17.4. The monoisotopic (exact) mass is 462 g/mol. The standard InChI is InChI=1S/C18H30N4O8S/c1-9(23)14(17(28)22-6-3-4-12(22)18(29)30)21-16(27)11(5-7-31-2)20-15(26)10(19)8-13(24)25/h9-12,14,23H,3-8,19H2,1-2H3,(H,20,26)(H,21,27)(H,24,25)(H,29,30). The third-order valence-electron chi connectivity index (χ3n) is 4.84. The van der Waals surface area contributed by atoms with Crippen molar-refractivity contribution in [2.75, 3.05) is 18.6 Å². The van der Waals surface area contributed by atoms with Gasteiger partial charge in [0.25, 0.3) is 0 Å². The van der Waals surface area contributed by atoms with E-state index in [0.29, 0.717) is 12.2 Å². The number of carbonyl (C=O) groups is 5. The Bertz CT molecular complexity index is 689. The van der Waals surface area contributed by atoms with Crippen molar-refractivity contribution in [1.29, 1.82) is 0 Å². The molecule has 0 radical (unpaired) electrons. The number of likely N-dealkylation sites (tertiary alicyclic amines) is 1. The predicted octanol–water partition coefficient (Wildman–Crippen LogP) is -2.03. The molecule has 1 fully saturated rings. The smallest absolute Gasteiger partial charge is 0.326 e. The minimum Gasteiger partial charge on any atom is -0.481 e. The highest BCUT2D eigenvalue weighted by Gasteiger charge is 2.40. The van der Waals surface area contributed by atoms with Gasteiger partial charge >= 0.3 is 11.9 Å². The van der Waals surface area contributed by atoms with Crippen LogP contribution in [0, 0.1) is 0 Å². The molecule has 0 aromatic heterocycles. The van der Waals surface area contributed by atoms with E-state index in [1.807, 2.05) is 0 Å². The lowest BCUT2D eigenvalue weighted by Gasteiger charge is -2.30. The molecule has 1 aliphatic heterocycles. The average Bonchev–Trinajstić information content (AvgIpc) is 3.17. The van der Waals surface area contributed by atoms with Gasteiger partial charge < -0.3 is 36.6 Å². The lowest BCUT2D eigenvalue weighted by molar-refractivity contribution is -0.150. The summed E-state index contributed by atoms with van der Waals surface area (Å²) >= 11 is 1.40. The molecule has 0 saturated carbocycles. The predicted molar refractivity (Wildman–Crippen MR) is 111 cm³/mol. The Balaban J connectivity index is 2.93. The van der Waals surface area contributed by atoms with Gasteiger partial charge in [-0.3, -0.25) is 19.2 Å². The van der Waals surface area contributed by atoms with Crippen LogP contribution in [0.3, 0.4) is 0 Å². The van der Waals surface area contributed by atoms with Gasteiger partial charge in [0.05, 0.1) is 18.6 Å². The molecule has 1 aliphatic rings. The Morgan fingerprint density at radius 3 is 2.32 bits per heavy atom. The maximum absolute atomic E-state index is 12.8. The molecule has 5 atom stereocenters. The third-order valence-corrected chi connectivity index (χ3v) is 5.49. The molecule has 1 heterocycles. The molecule has 0 bridgehead atoms. The minimum absolute atomic E-state index is 0.167. The number of nitrogens with one attached hydrogen (secondary N) is 2. The van der Waals surface area contributed by atoms with E-state index in [9.17, 15) is 34.2 Å². The fourth-order valence-corrected chi connectivity index (χ4v) is 3.64. The number of aliphatic carboxylic acids is 2. The van der Waals surface area contributed by atoms with Gasteiger partial charge in [0, 0.05) is 6.54 Å². The molecule has 1 saturated heterocycles. The number of rotatable bonds is 12. The molecule has 0 aliphatic carbocycles. The molecule has 31 heavy (non-hydrogen) atoms. The minimum atomic E-state index is -1.41. The number of nitrogens with two attached hydrogens (primary N) is 1. The number of nitrogens with zero attached hydrogens (tertiary/aromatic N) is 1. The SMILES string of the molecule is CSCCC(NC(=O)C(N)CC(=O)O)C(=O)NC(C(=O)N1CCCC1C(=O)O)C(C)O. The number of carbonyl (C=O) groups excluding carboxylic acids is 3. The van der Waals surface area contributed by atoms with Crippen LogP contribution in [0.2, 0.25) is 0 Å². The highest BCUT2D eigenvalue weighted by atomic mass is 32.2. The normalized spacial score (nSPS) is 19.7. The molecule has 3 amide bonds. The molecule has 0 aromatic rings. The van der Waals surface area contributed by atoms with Crippen molar-refractivity contribution >= 4 is 41.4 Å². The number of hydrogen-bond donors (Lipinski definition) is 6. The number of aliphatic hydroxyl groups is 1. The molecule has 0 aromatic carbocycles. The summed E-state index contributed by atoms with van der Waals surface area (Å²) in [4.78, 5) is 61.0. The summed E-state index contributed by atoms with van der Waals surface area (Å²) in [5, 5.41) is 32.9. The Kier molecular flexibility index (Phi) is 10.7. The summed E-state index contributed by atoms with van der Waals surface area (Å²) in [5.41, 5.74) is 5.53. The van der Waals surface area contributed by atoms with Gasteiger partial charge in [-0.2, -0.15) is 11.8 Å². The van der Waals surface area contributed by atoms with Crippen LogP contribution in [0.5, 0.6) is 0 Å². The molecular weight excluding hydrogens is 432 g/mol. The van der Waals surface area contributed by atoms with Crippen LogP contribution < -0.4 is 16.4 Å². The number of amides is 3. The summed E-state index contributed by atoms with van der Waals surface area (Å²) in [7, 11) is 0. The Hall–Kier alpha value is -2.38. The Labute approximate surface area is 183 Å². The van der Waals surface area contributed by atoms with Gasteiger partial charge in [-0.1, -0.05) is 0 Å². The van der Waals surface area contributed by atoms with Crippen LogP contribution in [0.4, 0.5) is 0 Å². The van der Waals surface area contributed by atoms with E-state index in [-0.39, 0.29) is 19.4 Å². The molecule has 5 unspecified atom stereocenters. The number of hydrogen-bond acceptors (Lipinski definition) is 8. The van der Waals surface area contributed by atoms with Gasteiger partial charge in [0.15, 0.2) is 0 Å². The first kappa shape index (κ1) is 26.7. The van der Waals surface area contributed by atoms with E-state index < -0.39 is 66.4 Å². The van der Waals surface area contributed by atoms with E-state index in [1.54, 1.807) is 6.26 Å². The fraction of sp³-hybridized carbons (Fsp3) is 0.722. The van der Waals surface area contributed by atoms with Crippen LogP contribution in [0.25, 0.3) is 0 Å². The fourth-order valence-electron chi connectivity index (χ4n) is 3.17. The van der Waals surface area contributed by atoms with E-state index in [1.165, 1.54) is 18.7 Å². The highest BCUT2D eigenvalue weighted by Crippen LogP contribution is 2.19. The third kappa shape index (κ3) is 7.99. The number of carboxylic acids is 2. The Morgan fingerprint density at radius 2 is 1.81 bits per heavy atom. The van der Waals surface area contributed by atoms with Crippen LogP contribution >= 0.6 is 11.8 Å². The average molecular weight is 463 g/mol. The van der Waals surface area contributed by atoms with Gasteiger partial charge in [0.1, 0.15) is 18.1 Å². The summed E-state index contributed by atoms with van der Waals surface area (Å²) in [6.07, 6.45) is 0.766. The molecule has 0 spiro atoms. The van der Waals surface area contributed by atoms with Crippen LogP contribution in [0.15, 0.2) is 0 Å². The topological polar surface area (TPSA) is 199 Å². The van der Waals surface area contributed by atoms with Crippen LogP contribution in [-0.4, -0.2) is 98.7 Å². The largest absolute Gasteiger partial charge is 0.481 e. The maximum atomic E-state index is 12.8. The second kappa shape index (κ2) is 12.5. The van der Waals surface area contributed by atoms with Crippen molar-refractivity contribution in [3.8, 4) is 0 Å². The van der Waals surface area contributed by atoms with Crippen molar-refractivity contribution in [3.63, 3.8) is 0 Å². The summed E-state index contributed by atoms with van der Waals surface area (Å²) < 4.78 is 0. The van der Waals surface area contributed by atoms with Crippen molar-refractivity contribution in [2.45, 2.75) is 62.9 Å². The van der Waals surface area contributed by atoms with E-state index in [2.05, 4.69) is 10.6 Å². The molecule has 1 rings (SSSR count). The first-order valence-electron chi connectivity index (χ1n) is 9.78. The first-order valence-corrected chi connectivity index (χ1v) is 11.2. The number of thioether (sulfide) groups is 1. The molecule has 12 nitrogen and oxygen atoms in total. The van der Waals surface area contributed by atoms with Crippen LogP contribution in [0.1, 0.15) is 32.6 Å². The second-order valence-electron chi connectivity index (χ2n) is 7.30. The zero-order valence-corrected chi connectivity index (χ0v) is 18.3. The van der Waals surface area contributed by atoms with Gasteiger partial charge in [0.2, 0.25) is 17.7 Å². The van der Waals surface area contributed by atoms with E-state index in [4.69, 9.17) is 10.8 Å². The lowest BCUT2D eigenvalue weighted by Crippen LogP contribution is -2.60. The molecule has 176 valence electrons. The van der Waals surface area contributed by atoms with Crippen molar-refractivity contribution in [1.82, 2.24) is 15.5 Å². The van der Waals surface area contributed by atoms with Gasteiger partial charge in [-0.25, -0.2) is 4.79 Å². The lowest BCUT2D eigenvalue weighted by atomic mass is 10.1. The van der Waals surface area contributed by atoms with Crippen molar-refractivity contribution in [3.05, 3.63) is 0 Å². The second-order valence-corrected chi connectivity index (χ2v) is 8.29. The molecule has 7 N–H and O–H groups in total. The van der Waals surface area contributed by atoms with Gasteiger partial charge in [-0.05, 0) is 38.2 Å². The maximum Gasteiger partial charge on any atom is 0.326 e. The summed E-state index contributed by atoms with van der Waals surface area (Å²) in [5.74, 6) is -4.31. The Morgan fingerprint density at radius 1 is 1.16 bits per heavy atom. The quantitative estimate of drug-likeness (QED) is 0.188. The van der Waals surface area contributed by atoms with Crippen LogP contribution in [-0.2, 0) is 24.0 Å². The van der Waals surface area contributed by atoms with Crippen molar-refractivity contribution < 1.29 is 39.3 Å². The number of aliphatic hydroxyl groups excluding tert-OH is 1. The summed E-state index contributed by atoms with van der Waals surface area (Å²) in [6, 6.07) is -4.93.